The van der Waals surface area contributed by atoms with Crippen molar-refractivity contribution >= 4 is 25.6 Å². The highest BCUT2D eigenvalue weighted by molar-refractivity contribution is 6.83. The minimum Gasteiger partial charge on any atom is -0.460 e. The first-order chi connectivity index (χ1) is 11.4. The first-order valence-electron chi connectivity index (χ1n) is 8.48. The van der Waals surface area contributed by atoms with Crippen molar-refractivity contribution in [3.63, 3.8) is 0 Å². The van der Waals surface area contributed by atoms with E-state index in [1.54, 1.807) is 4.90 Å². The van der Waals surface area contributed by atoms with E-state index in [9.17, 15) is 9.59 Å². The third kappa shape index (κ3) is 8.04. The highest BCUT2D eigenvalue weighted by atomic mass is 28.3. The van der Waals surface area contributed by atoms with E-state index in [1.807, 2.05) is 51.1 Å². The molecule has 1 aromatic carbocycles. The lowest BCUT2D eigenvalue weighted by Crippen LogP contribution is -2.41. The van der Waals surface area contributed by atoms with Crippen LogP contribution in [0.15, 0.2) is 30.3 Å². The zero-order valence-electron chi connectivity index (χ0n) is 16.3. The Morgan fingerprint density at radius 3 is 2.16 bits per heavy atom. The molecule has 0 N–H and O–H groups in total. The summed E-state index contributed by atoms with van der Waals surface area (Å²) in [5.41, 5.74) is 3.44. The van der Waals surface area contributed by atoms with E-state index in [-0.39, 0.29) is 18.3 Å². The Morgan fingerprint density at radius 1 is 1.16 bits per heavy atom. The van der Waals surface area contributed by atoms with Crippen LogP contribution in [0.2, 0.25) is 19.6 Å². The largest absolute Gasteiger partial charge is 0.460 e. The first-order valence-corrected chi connectivity index (χ1v) is 12.0. The van der Waals surface area contributed by atoms with Crippen LogP contribution in [-0.2, 0) is 14.3 Å². The molecule has 5 heteroatoms. The number of benzene rings is 1. The minimum atomic E-state index is -1.65. The van der Waals surface area contributed by atoms with Crippen molar-refractivity contribution in [3.05, 3.63) is 30.3 Å². The lowest BCUT2D eigenvalue weighted by Gasteiger charge is -2.28. The average molecular weight is 360 g/mol. The van der Waals surface area contributed by atoms with Gasteiger partial charge in [0.15, 0.2) is 0 Å². The molecular weight excluding hydrogens is 330 g/mol. The number of nitrogens with zero attached hydrogens (tertiary/aromatic N) is 1. The number of carbonyl (C=O) groups excluding carboxylic acids is 2. The average Bonchev–Trinajstić information content (AvgIpc) is 2.42. The van der Waals surface area contributed by atoms with E-state index >= 15 is 0 Å². The van der Waals surface area contributed by atoms with E-state index in [2.05, 4.69) is 31.1 Å². The van der Waals surface area contributed by atoms with Crippen LogP contribution >= 0.6 is 0 Å². The summed E-state index contributed by atoms with van der Waals surface area (Å²) in [5.74, 6) is 2.67. The molecule has 1 aromatic rings. The maximum atomic E-state index is 12.3. The van der Waals surface area contributed by atoms with Gasteiger partial charge in [-0.05, 0) is 32.9 Å². The zero-order valence-corrected chi connectivity index (χ0v) is 17.3. The van der Waals surface area contributed by atoms with Gasteiger partial charge in [-0.15, -0.1) is 5.54 Å². The second-order valence-corrected chi connectivity index (χ2v) is 12.8. The fourth-order valence-corrected chi connectivity index (χ4v) is 2.82. The van der Waals surface area contributed by atoms with Gasteiger partial charge in [-0.2, -0.15) is 0 Å². The second-order valence-electron chi connectivity index (χ2n) is 8.05. The fourth-order valence-electron chi connectivity index (χ4n) is 2.22. The van der Waals surface area contributed by atoms with Gasteiger partial charge in [0.05, 0.1) is 6.42 Å². The van der Waals surface area contributed by atoms with Gasteiger partial charge in [-0.25, -0.2) is 0 Å². The number of ether oxygens (including phenoxy) is 1. The Balaban J connectivity index is 3.21. The number of rotatable bonds is 4. The SMILES string of the molecule is CC(=O)N(c1ccccc1)C(C#C[Si](C)(C)C)CC(=O)OC(C)(C)C. The Morgan fingerprint density at radius 2 is 1.72 bits per heavy atom. The molecule has 0 saturated heterocycles. The lowest BCUT2D eigenvalue weighted by molar-refractivity contribution is -0.154. The summed E-state index contributed by atoms with van der Waals surface area (Å²) in [6.45, 7) is 13.4. The van der Waals surface area contributed by atoms with E-state index < -0.39 is 19.7 Å². The van der Waals surface area contributed by atoms with E-state index in [0.29, 0.717) is 0 Å². The Hall–Kier alpha value is -2.06. The van der Waals surface area contributed by atoms with Gasteiger partial charge >= 0.3 is 5.97 Å². The van der Waals surface area contributed by atoms with Crippen LogP contribution in [0.1, 0.15) is 34.1 Å². The van der Waals surface area contributed by atoms with Crippen molar-refractivity contribution < 1.29 is 14.3 Å². The summed E-state index contributed by atoms with van der Waals surface area (Å²) >= 11 is 0. The molecule has 0 heterocycles. The third-order valence-corrected chi connectivity index (χ3v) is 3.97. The van der Waals surface area contributed by atoms with Gasteiger partial charge in [0.1, 0.15) is 19.7 Å². The molecule has 4 nitrogen and oxygen atoms in total. The molecule has 1 amide bonds. The normalized spacial score (nSPS) is 12.6. The van der Waals surface area contributed by atoms with Gasteiger partial charge in [0.2, 0.25) is 5.91 Å². The molecule has 0 spiro atoms. The number of carbonyl (C=O) groups is 2. The molecule has 1 unspecified atom stereocenters. The molecule has 0 radical (unpaired) electrons. The fraction of sp³-hybridized carbons (Fsp3) is 0.500. The Kier molecular flexibility index (Phi) is 7.01. The van der Waals surface area contributed by atoms with Crippen molar-refractivity contribution in [2.75, 3.05) is 4.90 Å². The second kappa shape index (κ2) is 8.35. The summed E-state index contributed by atoms with van der Waals surface area (Å²) in [7, 11) is -1.65. The maximum absolute atomic E-state index is 12.3. The lowest BCUT2D eigenvalue weighted by atomic mass is 10.1. The molecule has 0 aliphatic heterocycles. The number of hydrogen-bond donors (Lipinski definition) is 0. The minimum absolute atomic E-state index is 0.0449. The molecule has 0 saturated carbocycles. The summed E-state index contributed by atoms with van der Waals surface area (Å²) < 4.78 is 5.43. The van der Waals surface area contributed by atoms with E-state index in [4.69, 9.17) is 4.74 Å². The molecule has 0 fully saturated rings. The highest BCUT2D eigenvalue weighted by Crippen LogP contribution is 2.20. The van der Waals surface area contributed by atoms with Crippen molar-refractivity contribution in [3.8, 4) is 11.5 Å². The summed E-state index contributed by atoms with van der Waals surface area (Å²) in [5, 5.41) is 0. The topological polar surface area (TPSA) is 46.6 Å². The molecule has 1 rings (SSSR count). The van der Waals surface area contributed by atoms with Gasteiger partial charge in [-0.1, -0.05) is 43.8 Å². The Bertz CT molecular complexity index is 660. The number of anilines is 1. The summed E-state index contributed by atoms with van der Waals surface area (Å²) in [6.07, 6.45) is 0.0449. The maximum Gasteiger partial charge on any atom is 0.309 e. The van der Waals surface area contributed by atoms with Gasteiger partial charge < -0.3 is 4.74 Å². The molecule has 0 bridgehead atoms. The van der Waals surface area contributed by atoms with Crippen LogP contribution in [0.3, 0.4) is 0 Å². The van der Waals surface area contributed by atoms with Gasteiger partial charge in [-0.3, -0.25) is 14.5 Å². The number of esters is 1. The third-order valence-electron chi connectivity index (χ3n) is 3.08. The van der Waals surface area contributed by atoms with Crippen LogP contribution in [-0.4, -0.2) is 31.6 Å². The molecule has 0 aromatic heterocycles. The first kappa shape index (κ1) is 21.0. The molecule has 136 valence electrons. The molecular formula is C20H29NO3Si. The zero-order chi connectivity index (χ0) is 19.3. The Labute approximate surface area is 152 Å². The van der Waals surface area contributed by atoms with E-state index in [1.165, 1.54) is 6.92 Å². The van der Waals surface area contributed by atoms with Crippen molar-refractivity contribution in [2.45, 2.75) is 65.4 Å². The molecule has 25 heavy (non-hydrogen) atoms. The quantitative estimate of drug-likeness (QED) is 0.463. The predicted molar refractivity (Wildman–Crippen MR) is 105 cm³/mol. The number of hydrogen-bond acceptors (Lipinski definition) is 3. The summed E-state index contributed by atoms with van der Waals surface area (Å²) in [4.78, 5) is 26.2. The smallest absolute Gasteiger partial charge is 0.309 e. The van der Waals surface area contributed by atoms with Crippen molar-refractivity contribution in [2.24, 2.45) is 0 Å². The molecule has 1 atom stereocenters. The van der Waals surface area contributed by atoms with Crippen molar-refractivity contribution in [1.82, 2.24) is 0 Å². The molecule has 0 aliphatic carbocycles. The van der Waals surface area contributed by atoms with Crippen LogP contribution in [0.5, 0.6) is 0 Å². The van der Waals surface area contributed by atoms with E-state index in [0.717, 1.165) is 5.69 Å². The highest BCUT2D eigenvalue weighted by Gasteiger charge is 2.27. The summed E-state index contributed by atoms with van der Waals surface area (Å²) in [6, 6.07) is 8.77. The van der Waals surface area contributed by atoms with Gasteiger partial charge in [0.25, 0.3) is 0 Å². The monoisotopic (exact) mass is 359 g/mol. The van der Waals surface area contributed by atoms with Crippen molar-refractivity contribution in [1.29, 1.82) is 0 Å². The number of amides is 1. The van der Waals surface area contributed by atoms with Gasteiger partial charge in [0, 0.05) is 12.6 Å². The van der Waals surface area contributed by atoms with Crippen LogP contribution in [0.4, 0.5) is 5.69 Å². The van der Waals surface area contributed by atoms with Crippen LogP contribution in [0.25, 0.3) is 0 Å². The van der Waals surface area contributed by atoms with Crippen LogP contribution in [0, 0.1) is 11.5 Å². The predicted octanol–water partition coefficient (Wildman–Crippen LogP) is 4.02. The standard InChI is InChI=1S/C20H29NO3Si/c1-16(22)21(17-11-9-8-10-12-17)18(13-14-25(5,6)7)15-19(23)24-20(2,3)4/h8-12,18H,15H2,1-7H3. The molecule has 0 aliphatic rings. The van der Waals surface area contributed by atoms with Crippen LogP contribution < -0.4 is 4.90 Å². The number of para-hydroxylation sites is 1.